The fourth-order valence-electron chi connectivity index (χ4n) is 2.41. The third-order valence-corrected chi connectivity index (χ3v) is 3.39. The number of esters is 1. The Labute approximate surface area is 82.2 Å². The molecule has 0 aromatic rings. The Morgan fingerprint density at radius 2 is 1.93 bits per heavy atom. The van der Waals surface area contributed by atoms with Gasteiger partial charge >= 0.3 is 11.9 Å². The van der Waals surface area contributed by atoms with E-state index in [4.69, 9.17) is 9.84 Å². The van der Waals surface area contributed by atoms with E-state index in [0.717, 1.165) is 12.8 Å². The quantitative estimate of drug-likeness (QED) is 0.546. The minimum atomic E-state index is -1.22. The van der Waals surface area contributed by atoms with E-state index in [-0.39, 0.29) is 12.0 Å². The molecule has 0 bridgehead atoms. The summed E-state index contributed by atoms with van der Waals surface area (Å²) in [5, 5.41) is 9.04. The van der Waals surface area contributed by atoms with Gasteiger partial charge in [-0.3, -0.25) is 9.59 Å². The fraction of sp³-hybridized carbons (Fsp3) is 0.800. The second kappa shape index (κ2) is 2.72. The Morgan fingerprint density at radius 3 is 2.29 bits per heavy atom. The first-order valence-electron chi connectivity index (χ1n) is 4.95. The molecule has 14 heavy (non-hydrogen) atoms. The second-order valence-electron chi connectivity index (χ2n) is 4.46. The van der Waals surface area contributed by atoms with Gasteiger partial charge in [-0.25, -0.2) is 0 Å². The largest absolute Gasteiger partial charge is 0.480 e. The normalized spacial score (nSPS) is 25.2. The van der Waals surface area contributed by atoms with Gasteiger partial charge < -0.3 is 9.84 Å². The highest BCUT2D eigenvalue weighted by Crippen LogP contribution is 2.68. The third-order valence-electron chi connectivity index (χ3n) is 3.39. The van der Waals surface area contributed by atoms with Gasteiger partial charge in [-0.2, -0.15) is 0 Å². The fourth-order valence-corrected chi connectivity index (χ4v) is 2.41. The molecule has 4 nitrogen and oxygen atoms in total. The van der Waals surface area contributed by atoms with Crippen LogP contribution < -0.4 is 0 Å². The number of hydrogen-bond donors (Lipinski definition) is 1. The average Bonchev–Trinajstić information content (AvgIpc) is 2.79. The van der Waals surface area contributed by atoms with Crippen LogP contribution in [-0.4, -0.2) is 23.7 Å². The summed E-state index contributed by atoms with van der Waals surface area (Å²) in [6.45, 7) is 1.94. The lowest BCUT2D eigenvalue weighted by atomic mass is 9.59. The zero-order chi connectivity index (χ0) is 10.4. The number of aliphatic carboxylic acids is 1. The van der Waals surface area contributed by atoms with Crippen molar-refractivity contribution in [3.05, 3.63) is 0 Å². The molecule has 0 aliphatic heterocycles. The van der Waals surface area contributed by atoms with Gasteiger partial charge in [0.1, 0.15) is 0 Å². The molecule has 1 N–H and O–H groups in total. The number of carboxylic acid groups (broad SMARTS) is 1. The highest BCUT2D eigenvalue weighted by atomic mass is 16.5. The maximum absolute atomic E-state index is 11.5. The summed E-state index contributed by atoms with van der Waals surface area (Å²) in [4.78, 5) is 22.5. The minimum absolute atomic E-state index is 0.186. The van der Waals surface area contributed by atoms with Crippen LogP contribution in [0.4, 0.5) is 0 Å². The SMILES string of the molecule is CCOC(=O)C1(C(=O)O)CC2(CC2)C1. The molecule has 0 radical (unpaired) electrons. The third kappa shape index (κ3) is 1.13. The molecule has 2 saturated carbocycles. The van der Waals surface area contributed by atoms with E-state index in [1.165, 1.54) is 0 Å². The highest BCUT2D eigenvalue weighted by molar-refractivity contribution is 6.00. The lowest BCUT2D eigenvalue weighted by molar-refractivity contribution is -0.181. The molecule has 78 valence electrons. The number of ether oxygens (including phenoxy) is 1. The maximum atomic E-state index is 11.5. The van der Waals surface area contributed by atoms with E-state index in [0.29, 0.717) is 12.8 Å². The van der Waals surface area contributed by atoms with Crippen LogP contribution in [0.5, 0.6) is 0 Å². The Hall–Kier alpha value is -1.06. The Morgan fingerprint density at radius 1 is 1.36 bits per heavy atom. The summed E-state index contributed by atoms with van der Waals surface area (Å²) in [5.41, 5.74) is -1.03. The van der Waals surface area contributed by atoms with Crippen molar-refractivity contribution < 1.29 is 19.4 Å². The van der Waals surface area contributed by atoms with E-state index in [1.54, 1.807) is 6.92 Å². The summed E-state index contributed by atoms with van der Waals surface area (Å²) >= 11 is 0. The molecule has 2 aliphatic carbocycles. The van der Waals surface area contributed by atoms with Crippen LogP contribution in [0.3, 0.4) is 0 Å². The molecule has 2 fully saturated rings. The molecule has 0 amide bonds. The van der Waals surface area contributed by atoms with Crippen LogP contribution in [0.15, 0.2) is 0 Å². The van der Waals surface area contributed by atoms with Gasteiger partial charge in [0.15, 0.2) is 5.41 Å². The van der Waals surface area contributed by atoms with E-state index in [1.807, 2.05) is 0 Å². The molecule has 0 unspecified atom stereocenters. The van der Waals surface area contributed by atoms with Crippen molar-refractivity contribution in [2.24, 2.45) is 10.8 Å². The van der Waals surface area contributed by atoms with E-state index in [9.17, 15) is 9.59 Å². The lowest BCUT2D eigenvalue weighted by Crippen LogP contribution is -2.51. The number of carboxylic acids is 1. The number of hydrogen-bond acceptors (Lipinski definition) is 3. The van der Waals surface area contributed by atoms with Crippen LogP contribution in [0.25, 0.3) is 0 Å². The zero-order valence-electron chi connectivity index (χ0n) is 8.21. The van der Waals surface area contributed by atoms with Crippen molar-refractivity contribution in [3.8, 4) is 0 Å². The van der Waals surface area contributed by atoms with Crippen molar-refractivity contribution >= 4 is 11.9 Å². The molecule has 0 saturated heterocycles. The van der Waals surface area contributed by atoms with Gasteiger partial charge in [-0.15, -0.1) is 0 Å². The van der Waals surface area contributed by atoms with Crippen LogP contribution in [-0.2, 0) is 14.3 Å². The summed E-state index contributed by atoms with van der Waals surface area (Å²) < 4.78 is 4.81. The van der Waals surface area contributed by atoms with Gasteiger partial charge in [-0.05, 0) is 38.0 Å². The second-order valence-corrected chi connectivity index (χ2v) is 4.46. The van der Waals surface area contributed by atoms with Crippen molar-refractivity contribution in [2.45, 2.75) is 32.6 Å². The lowest BCUT2D eigenvalue weighted by Gasteiger charge is -2.42. The zero-order valence-corrected chi connectivity index (χ0v) is 8.21. The molecule has 0 aromatic carbocycles. The molecule has 4 heteroatoms. The summed E-state index contributed by atoms with van der Waals surface area (Å²) in [6.07, 6.45) is 3.10. The first kappa shape index (κ1) is 9.49. The molecule has 0 heterocycles. The summed E-state index contributed by atoms with van der Waals surface area (Å²) in [5.74, 6) is -1.57. The molecular weight excluding hydrogens is 184 g/mol. The van der Waals surface area contributed by atoms with Crippen molar-refractivity contribution in [2.75, 3.05) is 6.61 Å². The van der Waals surface area contributed by atoms with Crippen LogP contribution >= 0.6 is 0 Å². The van der Waals surface area contributed by atoms with Gasteiger partial charge in [0, 0.05) is 0 Å². The number of carbonyl (C=O) groups is 2. The first-order valence-corrected chi connectivity index (χ1v) is 4.95. The van der Waals surface area contributed by atoms with Crippen LogP contribution in [0.2, 0.25) is 0 Å². The minimum Gasteiger partial charge on any atom is -0.480 e. The van der Waals surface area contributed by atoms with Gasteiger partial charge in [0.2, 0.25) is 0 Å². The molecule has 2 rings (SSSR count). The first-order chi connectivity index (χ1) is 6.55. The van der Waals surface area contributed by atoms with Crippen molar-refractivity contribution in [1.82, 2.24) is 0 Å². The monoisotopic (exact) mass is 198 g/mol. The average molecular weight is 198 g/mol. The van der Waals surface area contributed by atoms with Crippen molar-refractivity contribution in [1.29, 1.82) is 0 Å². The van der Waals surface area contributed by atoms with Gasteiger partial charge in [0.25, 0.3) is 0 Å². The molecule has 1 spiro atoms. The molecule has 0 aromatic heterocycles. The molecule has 0 atom stereocenters. The molecule has 2 aliphatic rings. The topological polar surface area (TPSA) is 63.6 Å². The Bertz CT molecular complexity index is 282. The smallest absolute Gasteiger partial charge is 0.323 e. The van der Waals surface area contributed by atoms with Gasteiger partial charge in [0.05, 0.1) is 6.61 Å². The number of rotatable bonds is 3. The molecular formula is C10H14O4. The van der Waals surface area contributed by atoms with Crippen LogP contribution in [0.1, 0.15) is 32.6 Å². The predicted molar refractivity (Wildman–Crippen MR) is 47.6 cm³/mol. The Kier molecular flexibility index (Phi) is 1.84. The van der Waals surface area contributed by atoms with E-state index in [2.05, 4.69) is 0 Å². The van der Waals surface area contributed by atoms with Crippen molar-refractivity contribution in [3.63, 3.8) is 0 Å². The summed E-state index contributed by atoms with van der Waals surface area (Å²) in [6, 6.07) is 0. The standard InChI is InChI=1S/C10H14O4/c1-2-14-8(13)10(7(11)12)5-9(6-10)3-4-9/h2-6H2,1H3,(H,11,12). The predicted octanol–water partition coefficient (Wildman–Crippen LogP) is 1.19. The number of carbonyl (C=O) groups excluding carboxylic acids is 1. The van der Waals surface area contributed by atoms with E-state index < -0.39 is 17.4 Å². The maximum Gasteiger partial charge on any atom is 0.323 e. The highest BCUT2D eigenvalue weighted by Gasteiger charge is 2.68. The summed E-state index contributed by atoms with van der Waals surface area (Å²) in [7, 11) is 0. The van der Waals surface area contributed by atoms with Gasteiger partial charge in [-0.1, -0.05) is 0 Å². The van der Waals surface area contributed by atoms with Crippen LogP contribution in [0, 0.1) is 10.8 Å². The Balaban J connectivity index is 2.09. The van der Waals surface area contributed by atoms with E-state index >= 15 is 0 Å².